The number of hydrogen-bond acceptors (Lipinski definition) is 6. The van der Waals surface area contributed by atoms with E-state index < -0.39 is 24.6 Å². The third-order valence-corrected chi connectivity index (χ3v) is 5.48. The van der Waals surface area contributed by atoms with E-state index in [1.54, 1.807) is 6.08 Å². The lowest BCUT2D eigenvalue weighted by atomic mass is 9.92. The van der Waals surface area contributed by atoms with E-state index >= 15 is 0 Å². The van der Waals surface area contributed by atoms with E-state index in [0.29, 0.717) is 19.6 Å². The Morgan fingerprint density at radius 3 is 2.45 bits per heavy atom. The molecule has 2 aromatic rings. The van der Waals surface area contributed by atoms with Crippen LogP contribution in [0.1, 0.15) is 30.8 Å². The Balaban J connectivity index is 1.57. The summed E-state index contributed by atoms with van der Waals surface area (Å²) in [7, 11) is 0. The normalized spacial score (nSPS) is 30.2. The van der Waals surface area contributed by atoms with E-state index in [-0.39, 0.29) is 18.2 Å². The van der Waals surface area contributed by atoms with Crippen molar-refractivity contribution in [3.05, 3.63) is 84.4 Å². The molecule has 6 atom stereocenters. The molecular formula is C25H28O6. The minimum Gasteiger partial charge on any atom is -0.457 e. The van der Waals surface area contributed by atoms with Crippen molar-refractivity contribution < 1.29 is 28.5 Å². The molecule has 2 fully saturated rings. The molecule has 0 radical (unpaired) electrons. The average Bonchev–Trinajstić information content (AvgIpc) is 2.79. The zero-order valence-corrected chi connectivity index (χ0v) is 17.6. The predicted molar refractivity (Wildman–Crippen MR) is 114 cm³/mol. The summed E-state index contributed by atoms with van der Waals surface area (Å²) >= 11 is 0. The van der Waals surface area contributed by atoms with Gasteiger partial charge in [0.1, 0.15) is 18.3 Å². The molecule has 0 aliphatic carbocycles. The fourth-order valence-corrected chi connectivity index (χ4v) is 4.09. The topological polar surface area (TPSA) is 63.2 Å². The molecule has 0 N–H and O–H groups in total. The second-order valence-electron chi connectivity index (χ2n) is 7.75. The summed E-state index contributed by atoms with van der Waals surface area (Å²) in [5.41, 5.74) is 1.93. The zero-order valence-electron chi connectivity index (χ0n) is 17.6. The molecule has 31 heavy (non-hydrogen) atoms. The summed E-state index contributed by atoms with van der Waals surface area (Å²) in [5, 5.41) is 0. The van der Waals surface area contributed by atoms with E-state index in [4.69, 9.17) is 23.7 Å². The zero-order chi connectivity index (χ0) is 21.6. The highest BCUT2D eigenvalue weighted by molar-refractivity contribution is 5.66. The first kappa shape index (κ1) is 21.7. The summed E-state index contributed by atoms with van der Waals surface area (Å²) in [6.07, 6.45) is -0.551. The van der Waals surface area contributed by atoms with Gasteiger partial charge >= 0.3 is 5.97 Å². The Bertz CT molecular complexity index is 855. The number of hydrogen-bond donors (Lipinski definition) is 0. The molecule has 0 saturated carbocycles. The van der Waals surface area contributed by atoms with Gasteiger partial charge in [0, 0.05) is 12.5 Å². The van der Waals surface area contributed by atoms with Gasteiger partial charge in [-0.25, -0.2) is 0 Å². The van der Waals surface area contributed by atoms with Gasteiger partial charge in [-0.3, -0.25) is 4.79 Å². The smallest absolute Gasteiger partial charge is 0.303 e. The summed E-state index contributed by atoms with van der Waals surface area (Å²) in [5.74, 6) is -0.386. The van der Waals surface area contributed by atoms with Crippen LogP contribution in [0.15, 0.2) is 73.3 Å². The second kappa shape index (κ2) is 10.2. The molecule has 164 valence electrons. The van der Waals surface area contributed by atoms with Crippen molar-refractivity contribution in [2.75, 3.05) is 6.61 Å². The van der Waals surface area contributed by atoms with Crippen LogP contribution in [-0.4, -0.2) is 43.1 Å². The van der Waals surface area contributed by atoms with Crippen LogP contribution in [-0.2, 0) is 35.1 Å². The van der Waals surface area contributed by atoms with Crippen LogP contribution in [0.3, 0.4) is 0 Å². The first-order chi connectivity index (χ1) is 15.2. The molecule has 2 aliphatic heterocycles. The number of esters is 1. The number of rotatable bonds is 7. The van der Waals surface area contributed by atoms with Crippen molar-refractivity contribution in [2.45, 2.75) is 56.8 Å². The summed E-state index contributed by atoms with van der Waals surface area (Å²) in [4.78, 5) is 12.0. The molecule has 2 aliphatic rings. The predicted octanol–water partition coefficient (Wildman–Crippen LogP) is 3.96. The molecule has 6 nitrogen and oxygen atoms in total. The second-order valence-corrected chi connectivity index (χ2v) is 7.75. The largest absolute Gasteiger partial charge is 0.457 e. The molecule has 0 spiro atoms. The molecule has 0 aromatic heterocycles. The lowest BCUT2D eigenvalue weighted by Gasteiger charge is -2.48. The summed E-state index contributed by atoms with van der Waals surface area (Å²) in [6.45, 7) is 5.95. The van der Waals surface area contributed by atoms with Gasteiger partial charge in [-0.05, 0) is 12.0 Å². The van der Waals surface area contributed by atoms with Crippen LogP contribution in [0.5, 0.6) is 0 Å². The SMILES string of the molecule is C=CC[C@H]1O[C@@H]2CO[C@@H](c3ccccc3)O[C@H]2[C@H](OC(C)=O)[C@@H]1OCc1ccccc1. The van der Waals surface area contributed by atoms with Gasteiger partial charge in [0.15, 0.2) is 12.4 Å². The van der Waals surface area contributed by atoms with Gasteiger partial charge in [0.25, 0.3) is 0 Å². The highest BCUT2D eigenvalue weighted by Crippen LogP contribution is 2.37. The Morgan fingerprint density at radius 2 is 1.77 bits per heavy atom. The Morgan fingerprint density at radius 1 is 1.06 bits per heavy atom. The first-order valence-corrected chi connectivity index (χ1v) is 10.6. The van der Waals surface area contributed by atoms with Gasteiger partial charge in [0.2, 0.25) is 0 Å². The highest BCUT2D eigenvalue weighted by Gasteiger charge is 2.51. The van der Waals surface area contributed by atoms with Crippen molar-refractivity contribution in [2.24, 2.45) is 0 Å². The molecule has 0 bridgehead atoms. The van der Waals surface area contributed by atoms with Crippen LogP contribution in [0.25, 0.3) is 0 Å². The third kappa shape index (κ3) is 5.22. The van der Waals surface area contributed by atoms with E-state index in [0.717, 1.165) is 11.1 Å². The maximum Gasteiger partial charge on any atom is 0.303 e. The number of carbonyl (C=O) groups is 1. The Labute approximate surface area is 182 Å². The van der Waals surface area contributed by atoms with E-state index in [1.165, 1.54) is 6.92 Å². The van der Waals surface area contributed by atoms with E-state index in [1.807, 2.05) is 60.7 Å². The quantitative estimate of drug-likeness (QED) is 0.495. The monoisotopic (exact) mass is 424 g/mol. The van der Waals surface area contributed by atoms with Crippen molar-refractivity contribution in [1.82, 2.24) is 0 Å². The molecule has 2 heterocycles. The molecular weight excluding hydrogens is 396 g/mol. The summed E-state index contributed by atoms with van der Waals surface area (Å²) < 4.78 is 30.5. The lowest BCUT2D eigenvalue weighted by Crippen LogP contribution is -2.63. The van der Waals surface area contributed by atoms with Crippen LogP contribution in [0.4, 0.5) is 0 Å². The molecule has 6 heteroatoms. The fraction of sp³-hybridized carbons (Fsp3) is 0.400. The fourth-order valence-electron chi connectivity index (χ4n) is 4.09. The van der Waals surface area contributed by atoms with Crippen molar-refractivity contribution >= 4 is 5.97 Å². The Hall–Kier alpha value is -2.51. The number of fused-ring (bicyclic) bond motifs is 1. The van der Waals surface area contributed by atoms with Crippen LogP contribution in [0, 0.1) is 0 Å². The molecule has 0 amide bonds. The lowest BCUT2D eigenvalue weighted by molar-refractivity contribution is -0.333. The highest BCUT2D eigenvalue weighted by atomic mass is 16.7. The van der Waals surface area contributed by atoms with Gasteiger partial charge < -0.3 is 23.7 Å². The maximum atomic E-state index is 12.0. The molecule has 4 rings (SSSR count). The molecule has 2 saturated heterocycles. The first-order valence-electron chi connectivity index (χ1n) is 10.6. The third-order valence-electron chi connectivity index (χ3n) is 5.48. The van der Waals surface area contributed by atoms with Gasteiger partial charge in [-0.1, -0.05) is 66.7 Å². The van der Waals surface area contributed by atoms with Gasteiger partial charge in [0.05, 0.1) is 19.3 Å². The molecule has 0 unspecified atom stereocenters. The van der Waals surface area contributed by atoms with E-state index in [9.17, 15) is 4.79 Å². The van der Waals surface area contributed by atoms with Crippen molar-refractivity contribution in [3.8, 4) is 0 Å². The Kier molecular flexibility index (Phi) is 7.14. The maximum absolute atomic E-state index is 12.0. The minimum absolute atomic E-state index is 0.327. The summed E-state index contributed by atoms with van der Waals surface area (Å²) in [6, 6.07) is 19.6. The minimum atomic E-state index is -0.625. The van der Waals surface area contributed by atoms with E-state index in [2.05, 4.69) is 6.58 Å². The van der Waals surface area contributed by atoms with Crippen molar-refractivity contribution in [3.63, 3.8) is 0 Å². The average molecular weight is 424 g/mol. The number of carbonyl (C=O) groups excluding carboxylic acids is 1. The van der Waals surface area contributed by atoms with Crippen LogP contribution < -0.4 is 0 Å². The number of ether oxygens (including phenoxy) is 5. The van der Waals surface area contributed by atoms with Crippen molar-refractivity contribution in [1.29, 1.82) is 0 Å². The van der Waals surface area contributed by atoms with Gasteiger partial charge in [-0.15, -0.1) is 6.58 Å². The molecule has 2 aromatic carbocycles. The van der Waals surface area contributed by atoms with Crippen LogP contribution in [0.2, 0.25) is 0 Å². The number of benzene rings is 2. The van der Waals surface area contributed by atoms with Crippen LogP contribution >= 0.6 is 0 Å². The standard InChI is InChI=1S/C25H28O6/c1-3-10-20-22(27-15-18-11-6-4-7-12-18)24(29-17(2)26)23-21(30-20)16-28-25(31-23)19-13-8-5-9-14-19/h3-9,11-14,20-25H,1,10,15-16H2,2H3/t20-,21-,22-,23-,24-,25-/m1/s1. The van der Waals surface area contributed by atoms with Gasteiger partial charge in [-0.2, -0.15) is 0 Å².